The fourth-order valence-corrected chi connectivity index (χ4v) is 5.20. The highest BCUT2D eigenvalue weighted by atomic mass is 35.5. The minimum absolute atomic E-state index is 0.0269. The van der Waals surface area contributed by atoms with Crippen molar-refractivity contribution in [3.8, 4) is 22.8 Å². The second kappa shape index (κ2) is 10.5. The first-order chi connectivity index (χ1) is 18.3. The molecule has 0 aromatic carbocycles. The molecule has 1 aliphatic heterocycles. The molecule has 1 N–H and O–H groups in total. The van der Waals surface area contributed by atoms with Crippen LogP contribution >= 0.6 is 34.5 Å². The van der Waals surface area contributed by atoms with Crippen LogP contribution in [0.4, 0.5) is 5.13 Å². The van der Waals surface area contributed by atoms with Gasteiger partial charge in [-0.3, -0.25) is 19.9 Å². The zero-order valence-corrected chi connectivity index (χ0v) is 22.6. The van der Waals surface area contributed by atoms with E-state index in [-0.39, 0.29) is 34.3 Å². The third kappa shape index (κ3) is 4.97. The number of halogens is 2. The Kier molecular flexibility index (Phi) is 7.11. The van der Waals surface area contributed by atoms with Crippen molar-refractivity contribution in [1.82, 2.24) is 29.8 Å². The van der Waals surface area contributed by atoms with Gasteiger partial charge in [0, 0.05) is 23.0 Å². The molecular weight excluding hydrogens is 553 g/mol. The number of hydrogen-bond donors (Lipinski definition) is 1. The molecule has 1 aliphatic rings. The maximum atomic E-state index is 13.3. The van der Waals surface area contributed by atoms with E-state index in [1.807, 2.05) is 6.92 Å². The highest BCUT2D eigenvalue weighted by Gasteiger charge is 2.30. The van der Waals surface area contributed by atoms with Gasteiger partial charge in [0.15, 0.2) is 5.13 Å². The predicted molar refractivity (Wildman–Crippen MR) is 141 cm³/mol. The van der Waals surface area contributed by atoms with Crippen LogP contribution in [0.5, 0.6) is 11.6 Å². The van der Waals surface area contributed by atoms with Crippen molar-refractivity contribution >= 4 is 51.5 Å². The Morgan fingerprint density at radius 2 is 1.82 bits per heavy atom. The third-order valence-electron chi connectivity index (χ3n) is 5.69. The number of pyridine rings is 2. The van der Waals surface area contributed by atoms with Crippen molar-refractivity contribution in [3.05, 3.63) is 68.6 Å². The lowest BCUT2D eigenvalue weighted by Crippen LogP contribution is -2.27. The number of hydrogen-bond acceptors (Lipinski definition) is 10. The van der Waals surface area contributed by atoms with E-state index in [4.69, 9.17) is 32.7 Å². The molecule has 0 fully saturated rings. The van der Waals surface area contributed by atoms with Gasteiger partial charge in [-0.25, -0.2) is 15.0 Å². The molecule has 5 heterocycles. The van der Waals surface area contributed by atoms with Crippen molar-refractivity contribution in [2.24, 2.45) is 0 Å². The van der Waals surface area contributed by atoms with E-state index in [1.165, 1.54) is 44.1 Å². The second-order valence-electron chi connectivity index (χ2n) is 8.13. The van der Waals surface area contributed by atoms with Gasteiger partial charge < -0.3 is 14.4 Å². The minimum Gasteiger partial charge on any atom is -0.494 e. The number of nitrogens with one attached hydrogen (secondary N) is 1. The average molecular weight is 572 g/mol. The van der Waals surface area contributed by atoms with E-state index in [0.29, 0.717) is 45.5 Å². The highest BCUT2D eigenvalue weighted by Crippen LogP contribution is 2.35. The number of thiazole rings is 1. The Labute approximate surface area is 230 Å². The Morgan fingerprint density at radius 1 is 1.00 bits per heavy atom. The Balaban J connectivity index is 1.34. The number of aryl methyl sites for hydroxylation is 1. The van der Waals surface area contributed by atoms with Gasteiger partial charge in [-0.05, 0) is 19.1 Å². The molecule has 0 atom stereocenters. The summed E-state index contributed by atoms with van der Waals surface area (Å²) < 4.78 is 10.5. The summed E-state index contributed by atoms with van der Waals surface area (Å²) in [5.41, 5.74) is 2.92. The summed E-state index contributed by atoms with van der Waals surface area (Å²) in [5.74, 6) is -0.213. The summed E-state index contributed by atoms with van der Waals surface area (Å²) in [6.45, 7) is 2.38. The zero-order valence-electron chi connectivity index (χ0n) is 20.3. The smallest absolute Gasteiger partial charge is 0.292 e. The van der Waals surface area contributed by atoms with Gasteiger partial charge in [-0.15, -0.1) is 0 Å². The number of anilines is 1. The van der Waals surface area contributed by atoms with E-state index in [0.717, 1.165) is 4.88 Å². The molecule has 11 nitrogen and oxygen atoms in total. The topological polar surface area (TPSA) is 132 Å². The molecule has 4 aromatic rings. The van der Waals surface area contributed by atoms with Gasteiger partial charge in [0.25, 0.3) is 11.8 Å². The van der Waals surface area contributed by atoms with Crippen LogP contribution in [-0.2, 0) is 13.1 Å². The summed E-state index contributed by atoms with van der Waals surface area (Å²) >= 11 is 13.4. The Bertz CT molecular complexity index is 1560. The standard InChI is InChI=1S/C24H19Cl2N7O4S/c1-11-4-12(13-5-19(26)28-8-17(13)36-2)14(6-27-11)21(34)32-24-30-16-9-33(10-18(16)38-24)23(35)20-29-7-15(25)22(31-20)37-3/h4-8H,9-10H2,1-3H3,(H,30,32,34). The lowest BCUT2D eigenvalue weighted by Gasteiger charge is -2.15. The van der Waals surface area contributed by atoms with Crippen molar-refractivity contribution in [2.75, 3.05) is 19.5 Å². The minimum atomic E-state index is -0.399. The van der Waals surface area contributed by atoms with E-state index >= 15 is 0 Å². The van der Waals surface area contributed by atoms with Gasteiger partial charge in [0.05, 0.1) is 55.8 Å². The van der Waals surface area contributed by atoms with Gasteiger partial charge in [0.2, 0.25) is 11.7 Å². The number of nitrogens with zero attached hydrogens (tertiary/aromatic N) is 6. The summed E-state index contributed by atoms with van der Waals surface area (Å²) in [4.78, 5) is 49.6. The molecule has 194 valence electrons. The van der Waals surface area contributed by atoms with Crippen LogP contribution in [0.1, 0.15) is 37.2 Å². The number of aromatic nitrogens is 5. The van der Waals surface area contributed by atoms with E-state index < -0.39 is 5.91 Å². The Hall–Kier alpha value is -3.87. The molecule has 0 saturated carbocycles. The first-order valence-corrected chi connectivity index (χ1v) is 12.7. The number of fused-ring (bicyclic) bond motifs is 1. The monoisotopic (exact) mass is 571 g/mol. The van der Waals surface area contributed by atoms with Crippen LogP contribution in [0.25, 0.3) is 11.1 Å². The average Bonchev–Trinajstić information content (AvgIpc) is 3.47. The lowest BCUT2D eigenvalue weighted by atomic mass is 10.0. The van der Waals surface area contributed by atoms with Crippen LogP contribution in [0, 0.1) is 6.92 Å². The molecule has 0 unspecified atom stereocenters. The number of carbonyl (C=O) groups is 2. The van der Waals surface area contributed by atoms with Crippen molar-refractivity contribution in [1.29, 1.82) is 0 Å². The van der Waals surface area contributed by atoms with Gasteiger partial charge >= 0.3 is 0 Å². The van der Waals surface area contributed by atoms with Crippen LogP contribution in [0.3, 0.4) is 0 Å². The quantitative estimate of drug-likeness (QED) is 0.333. The van der Waals surface area contributed by atoms with Crippen LogP contribution in [0.2, 0.25) is 10.2 Å². The molecule has 4 aromatic heterocycles. The van der Waals surface area contributed by atoms with Crippen LogP contribution < -0.4 is 14.8 Å². The first-order valence-electron chi connectivity index (χ1n) is 11.1. The highest BCUT2D eigenvalue weighted by molar-refractivity contribution is 7.16. The molecule has 0 spiro atoms. The summed E-state index contributed by atoms with van der Waals surface area (Å²) in [5, 5.41) is 3.73. The zero-order chi connectivity index (χ0) is 27.0. The Morgan fingerprint density at radius 3 is 2.55 bits per heavy atom. The number of methoxy groups -OCH3 is 2. The van der Waals surface area contributed by atoms with Crippen LogP contribution in [0.15, 0.2) is 30.7 Å². The second-order valence-corrected chi connectivity index (χ2v) is 10.0. The van der Waals surface area contributed by atoms with Gasteiger partial charge in [-0.2, -0.15) is 4.98 Å². The fourth-order valence-electron chi connectivity index (χ4n) is 3.90. The summed E-state index contributed by atoms with van der Waals surface area (Å²) in [6.07, 6.45) is 4.32. The summed E-state index contributed by atoms with van der Waals surface area (Å²) in [6, 6.07) is 3.41. The largest absolute Gasteiger partial charge is 0.494 e. The van der Waals surface area contributed by atoms with E-state index in [2.05, 4.69) is 30.2 Å². The number of amides is 2. The number of carbonyl (C=O) groups excluding carboxylic acids is 2. The summed E-state index contributed by atoms with van der Waals surface area (Å²) in [7, 11) is 2.93. The molecule has 0 radical (unpaired) electrons. The van der Waals surface area contributed by atoms with Crippen molar-refractivity contribution < 1.29 is 19.1 Å². The maximum Gasteiger partial charge on any atom is 0.292 e. The van der Waals surface area contributed by atoms with Gasteiger partial charge in [-0.1, -0.05) is 34.5 Å². The molecular formula is C24H19Cl2N7O4S. The molecule has 0 saturated heterocycles. The SMILES string of the molecule is COc1cnc(Cl)cc1-c1cc(C)ncc1C(=O)Nc1nc2c(s1)CN(C(=O)c1ncc(Cl)c(OC)n1)C2. The molecule has 5 rings (SSSR count). The molecule has 38 heavy (non-hydrogen) atoms. The van der Waals surface area contributed by atoms with E-state index in [9.17, 15) is 9.59 Å². The van der Waals surface area contributed by atoms with Crippen molar-refractivity contribution in [2.45, 2.75) is 20.0 Å². The lowest BCUT2D eigenvalue weighted by molar-refractivity contribution is 0.0737. The number of ether oxygens (including phenoxy) is 2. The van der Waals surface area contributed by atoms with Crippen molar-refractivity contribution in [3.63, 3.8) is 0 Å². The predicted octanol–water partition coefficient (Wildman–Crippen LogP) is 4.43. The molecule has 2 amide bonds. The normalized spacial score (nSPS) is 12.3. The number of rotatable bonds is 6. The molecule has 14 heteroatoms. The third-order valence-corrected chi connectivity index (χ3v) is 7.15. The van der Waals surface area contributed by atoms with E-state index in [1.54, 1.807) is 17.0 Å². The molecule has 0 aliphatic carbocycles. The first kappa shape index (κ1) is 25.8. The molecule has 0 bridgehead atoms. The van der Waals surface area contributed by atoms with Crippen LogP contribution in [-0.4, -0.2) is 55.9 Å². The fraction of sp³-hybridized carbons (Fsp3) is 0.208. The van der Waals surface area contributed by atoms with Gasteiger partial charge in [0.1, 0.15) is 15.9 Å². The maximum absolute atomic E-state index is 13.3.